The van der Waals surface area contributed by atoms with Crippen LogP contribution in [0.3, 0.4) is 0 Å². The molecule has 0 radical (unpaired) electrons. The van der Waals surface area contributed by atoms with Gasteiger partial charge in [-0.2, -0.15) is 5.26 Å². The highest BCUT2D eigenvalue weighted by Gasteiger charge is 2.16. The summed E-state index contributed by atoms with van der Waals surface area (Å²) in [7, 11) is 3.07. The summed E-state index contributed by atoms with van der Waals surface area (Å²) >= 11 is 7.73. The number of hydrogen-bond donors (Lipinski definition) is 1. The van der Waals surface area contributed by atoms with E-state index in [0.717, 1.165) is 30.0 Å². The maximum absolute atomic E-state index is 12.6. The van der Waals surface area contributed by atoms with Crippen molar-refractivity contribution in [3.63, 3.8) is 0 Å². The number of ether oxygens (including phenoxy) is 4. The van der Waals surface area contributed by atoms with Crippen molar-refractivity contribution in [3.8, 4) is 29.1 Å². The monoisotopic (exact) mass is 542 g/mol. The molecular weight excluding hydrogens is 516 g/mol. The second kappa shape index (κ2) is 14.1. The molecule has 3 rings (SSSR count). The Hall–Kier alpha value is -3.81. The number of benzene rings is 2. The predicted molar refractivity (Wildman–Crippen MR) is 143 cm³/mol. The molecule has 0 atom stereocenters. The first-order chi connectivity index (χ1) is 18.0. The SMILES string of the molecule is CCCCc1nnc(NC(=O)/C(C#N)=C\c2cc(Cl)c(OCCOc3ccc(OC)cc3)c(OC)c2)s1. The molecule has 2 aromatic carbocycles. The van der Waals surface area contributed by atoms with E-state index < -0.39 is 5.91 Å². The molecule has 0 aliphatic heterocycles. The number of halogens is 1. The van der Waals surface area contributed by atoms with Gasteiger partial charge in [0.1, 0.15) is 41.4 Å². The van der Waals surface area contributed by atoms with Crippen LogP contribution >= 0.6 is 22.9 Å². The predicted octanol–water partition coefficient (Wildman–Crippen LogP) is 5.55. The molecule has 1 heterocycles. The van der Waals surface area contributed by atoms with Crippen molar-refractivity contribution in [1.29, 1.82) is 5.26 Å². The van der Waals surface area contributed by atoms with Crippen LogP contribution in [-0.4, -0.2) is 43.5 Å². The van der Waals surface area contributed by atoms with Gasteiger partial charge in [0, 0.05) is 6.42 Å². The van der Waals surface area contributed by atoms with Crippen molar-refractivity contribution >= 4 is 40.1 Å². The van der Waals surface area contributed by atoms with E-state index in [-0.39, 0.29) is 23.8 Å². The topological polar surface area (TPSA) is 116 Å². The molecule has 0 spiro atoms. The number of hydrogen-bond acceptors (Lipinski definition) is 9. The summed E-state index contributed by atoms with van der Waals surface area (Å²) in [5.74, 6) is 1.51. The molecule has 3 aromatic rings. The molecule has 0 saturated carbocycles. The van der Waals surface area contributed by atoms with Crippen LogP contribution in [0.2, 0.25) is 5.02 Å². The second-order valence-electron chi connectivity index (χ2n) is 7.64. The Labute approximate surface area is 224 Å². The average Bonchev–Trinajstić information content (AvgIpc) is 3.36. The first kappa shape index (κ1) is 27.8. The number of nitrogens with one attached hydrogen (secondary N) is 1. The van der Waals surface area contributed by atoms with Gasteiger partial charge in [-0.15, -0.1) is 10.2 Å². The average molecular weight is 543 g/mol. The minimum atomic E-state index is -0.591. The van der Waals surface area contributed by atoms with E-state index in [1.807, 2.05) is 6.07 Å². The third-order valence-electron chi connectivity index (χ3n) is 5.02. The lowest BCUT2D eigenvalue weighted by Gasteiger charge is -2.14. The van der Waals surface area contributed by atoms with E-state index in [1.54, 1.807) is 43.5 Å². The standard InChI is InChI=1S/C26H27ClN4O5S/c1-4-5-6-23-30-31-26(37-23)29-25(32)18(16-28)13-17-14-21(27)24(22(15-17)34-3)36-12-11-35-20-9-7-19(33-2)8-10-20/h7-10,13-15H,4-6,11-12H2,1-3H3,(H,29,31,32)/b18-13-. The number of nitriles is 1. The summed E-state index contributed by atoms with van der Waals surface area (Å²) < 4.78 is 22.0. The summed E-state index contributed by atoms with van der Waals surface area (Å²) in [5, 5.41) is 21.7. The molecule has 1 N–H and O–H groups in total. The number of methoxy groups -OCH3 is 2. The van der Waals surface area contributed by atoms with Crippen LogP contribution in [0, 0.1) is 11.3 Å². The van der Waals surface area contributed by atoms with Crippen molar-refractivity contribution in [3.05, 3.63) is 57.6 Å². The number of rotatable bonds is 13. The quantitative estimate of drug-likeness (QED) is 0.170. The first-order valence-corrected chi connectivity index (χ1v) is 12.7. The van der Waals surface area contributed by atoms with E-state index in [1.165, 1.54) is 24.5 Å². The van der Waals surface area contributed by atoms with Crippen LogP contribution in [-0.2, 0) is 11.2 Å². The Morgan fingerprint density at radius 2 is 1.84 bits per heavy atom. The largest absolute Gasteiger partial charge is 0.497 e. The van der Waals surface area contributed by atoms with Crippen molar-refractivity contribution < 1.29 is 23.7 Å². The number of amides is 1. The normalized spacial score (nSPS) is 10.9. The Kier molecular flexibility index (Phi) is 10.6. The molecule has 0 fully saturated rings. The zero-order valence-electron chi connectivity index (χ0n) is 20.7. The van der Waals surface area contributed by atoms with Gasteiger partial charge in [-0.3, -0.25) is 10.1 Å². The molecule has 9 nitrogen and oxygen atoms in total. The van der Waals surface area contributed by atoms with Gasteiger partial charge in [0.2, 0.25) is 5.13 Å². The maximum atomic E-state index is 12.6. The molecule has 0 aliphatic carbocycles. The maximum Gasteiger partial charge on any atom is 0.268 e. The van der Waals surface area contributed by atoms with E-state index in [4.69, 9.17) is 30.5 Å². The summed E-state index contributed by atoms with van der Waals surface area (Å²) in [6, 6.07) is 12.3. The molecule has 194 valence electrons. The Morgan fingerprint density at radius 1 is 1.11 bits per heavy atom. The molecule has 37 heavy (non-hydrogen) atoms. The molecular formula is C26H27ClN4O5S. The fourth-order valence-corrected chi connectivity index (χ4v) is 4.20. The highest BCUT2D eigenvalue weighted by molar-refractivity contribution is 7.15. The highest BCUT2D eigenvalue weighted by Crippen LogP contribution is 2.37. The lowest BCUT2D eigenvalue weighted by Crippen LogP contribution is -2.13. The van der Waals surface area contributed by atoms with Gasteiger partial charge >= 0.3 is 0 Å². The fourth-order valence-electron chi connectivity index (χ4n) is 3.15. The third-order valence-corrected chi connectivity index (χ3v) is 6.20. The number of aryl methyl sites for hydroxylation is 1. The van der Waals surface area contributed by atoms with Crippen molar-refractivity contribution in [1.82, 2.24) is 10.2 Å². The van der Waals surface area contributed by atoms with Crippen LogP contribution in [0.1, 0.15) is 30.3 Å². The number of carbonyl (C=O) groups excluding carboxylic acids is 1. The molecule has 0 bridgehead atoms. The van der Waals surface area contributed by atoms with Crippen molar-refractivity contribution in [2.45, 2.75) is 26.2 Å². The zero-order valence-corrected chi connectivity index (χ0v) is 22.3. The molecule has 0 aliphatic rings. The first-order valence-electron chi connectivity index (χ1n) is 11.5. The van der Waals surface area contributed by atoms with Crippen molar-refractivity contribution in [2.75, 3.05) is 32.8 Å². The summed E-state index contributed by atoms with van der Waals surface area (Å²) in [6.45, 7) is 2.58. The number of nitrogens with zero attached hydrogens (tertiary/aromatic N) is 3. The van der Waals surface area contributed by atoms with Gasteiger partial charge in [-0.05, 0) is 54.5 Å². The lowest BCUT2D eigenvalue weighted by molar-refractivity contribution is -0.112. The Morgan fingerprint density at radius 3 is 2.51 bits per heavy atom. The molecule has 0 saturated heterocycles. The van der Waals surface area contributed by atoms with Crippen LogP contribution < -0.4 is 24.3 Å². The van der Waals surface area contributed by atoms with Gasteiger partial charge < -0.3 is 18.9 Å². The minimum absolute atomic E-state index is 0.120. The second-order valence-corrected chi connectivity index (χ2v) is 9.10. The van der Waals surface area contributed by atoms with Gasteiger partial charge in [0.25, 0.3) is 5.91 Å². The summed E-state index contributed by atoms with van der Waals surface area (Å²) in [4.78, 5) is 12.6. The Bertz CT molecular complexity index is 1270. The summed E-state index contributed by atoms with van der Waals surface area (Å²) in [6.07, 6.45) is 4.24. The van der Waals surface area contributed by atoms with Gasteiger partial charge in [-0.1, -0.05) is 36.3 Å². The number of aromatic nitrogens is 2. The number of carbonyl (C=O) groups is 1. The number of unbranched alkanes of at least 4 members (excludes halogenated alkanes) is 1. The van der Waals surface area contributed by atoms with Crippen LogP contribution in [0.25, 0.3) is 6.08 Å². The lowest BCUT2D eigenvalue weighted by atomic mass is 10.1. The van der Waals surface area contributed by atoms with Crippen LogP contribution in [0.5, 0.6) is 23.0 Å². The van der Waals surface area contributed by atoms with Gasteiger partial charge in [0.15, 0.2) is 11.5 Å². The van der Waals surface area contributed by atoms with Crippen LogP contribution in [0.15, 0.2) is 42.0 Å². The van der Waals surface area contributed by atoms with E-state index in [0.29, 0.717) is 27.9 Å². The molecule has 0 unspecified atom stereocenters. The third kappa shape index (κ3) is 8.10. The van der Waals surface area contributed by atoms with Gasteiger partial charge in [0.05, 0.1) is 19.2 Å². The highest BCUT2D eigenvalue weighted by atomic mass is 35.5. The molecule has 11 heteroatoms. The van der Waals surface area contributed by atoms with E-state index in [9.17, 15) is 10.1 Å². The Balaban J connectivity index is 1.64. The smallest absolute Gasteiger partial charge is 0.268 e. The minimum Gasteiger partial charge on any atom is -0.497 e. The molecule has 1 aromatic heterocycles. The summed E-state index contributed by atoms with van der Waals surface area (Å²) in [5.41, 5.74) is 0.376. The van der Waals surface area contributed by atoms with E-state index in [2.05, 4.69) is 22.4 Å². The fraction of sp³-hybridized carbons (Fsp3) is 0.308. The number of anilines is 1. The zero-order chi connectivity index (χ0) is 26.6. The van der Waals surface area contributed by atoms with Crippen molar-refractivity contribution in [2.24, 2.45) is 0 Å². The van der Waals surface area contributed by atoms with E-state index >= 15 is 0 Å². The van der Waals surface area contributed by atoms with Gasteiger partial charge in [-0.25, -0.2) is 0 Å². The van der Waals surface area contributed by atoms with Crippen LogP contribution in [0.4, 0.5) is 5.13 Å². The molecule has 1 amide bonds.